The molecule has 2 N–H and O–H groups in total. The SMILES string of the molecule is CCOC(=O)C1=C(CS(=O)(=O)c2ccc(C)c(C)c2)NC(=O)N[C@H]1c1ccccc1. The minimum absolute atomic E-state index is 0.0179. The number of carbonyl (C=O) groups excluding carboxylic acids is 2. The molecule has 30 heavy (non-hydrogen) atoms. The van der Waals surface area contributed by atoms with Crippen LogP contribution in [0.5, 0.6) is 0 Å². The van der Waals surface area contributed by atoms with Crippen LogP contribution in [0.1, 0.15) is 29.7 Å². The standard InChI is InChI=1S/C22H24N2O5S/c1-4-29-21(25)19-18(13-30(27,28)17-11-10-14(2)15(3)12-17)23-22(26)24-20(19)16-8-6-5-7-9-16/h5-12,20H,4,13H2,1-3H3,(H2,23,24,26)/t20-/m0/s1. The molecule has 0 bridgehead atoms. The summed E-state index contributed by atoms with van der Waals surface area (Å²) >= 11 is 0. The van der Waals surface area contributed by atoms with Gasteiger partial charge >= 0.3 is 12.0 Å². The average Bonchev–Trinajstić information content (AvgIpc) is 2.70. The van der Waals surface area contributed by atoms with Crippen molar-refractivity contribution in [3.05, 3.63) is 76.5 Å². The Hall–Kier alpha value is -3.13. The monoisotopic (exact) mass is 428 g/mol. The molecule has 0 saturated heterocycles. The molecule has 1 aliphatic rings. The Bertz CT molecular complexity index is 1110. The van der Waals surface area contributed by atoms with Gasteiger partial charge in [-0.05, 0) is 49.6 Å². The molecule has 0 unspecified atom stereocenters. The Kier molecular flexibility index (Phi) is 6.26. The van der Waals surface area contributed by atoms with Crippen LogP contribution in [0.15, 0.2) is 64.7 Å². The predicted molar refractivity (Wildman–Crippen MR) is 112 cm³/mol. The first-order valence-electron chi connectivity index (χ1n) is 9.55. The first kappa shape index (κ1) is 21.6. The normalized spacial score (nSPS) is 16.6. The minimum atomic E-state index is -3.82. The van der Waals surface area contributed by atoms with E-state index in [1.54, 1.807) is 43.3 Å². The largest absolute Gasteiger partial charge is 0.463 e. The van der Waals surface area contributed by atoms with Crippen LogP contribution in [0.25, 0.3) is 0 Å². The summed E-state index contributed by atoms with van der Waals surface area (Å²) in [6, 6.07) is 12.3. The Morgan fingerprint density at radius 1 is 1.07 bits per heavy atom. The van der Waals surface area contributed by atoms with E-state index >= 15 is 0 Å². The molecule has 1 aliphatic heterocycles. The number of sulfone groups is 1. The number of ether oxygens (including phenoxy) is 1. The Morgan fingerprint density at radius 2 is 1.77 bits per heavy atom. The molecule has 0 spiro atoms. The number of carbonyl (C=O) groups is 2. The van der Waals surface area contributed by atoms with Crippen molar-refractivity contribution in [2.45, 2.75) is 31.7 Å². The Labute approximate surface area is 176 Å². The highest BCUT2D eigenvalue weighted by molar-refractivity contribution is 7.91. The Morgan fingerprint density at radius 3 is 2.40 bits per heavy atom. The third kappa shape index (κ3) is 4.54. The number of nitrogens with one attached hydrogen (secondary N) is 2. The zero-order valence-corrected chi connectivity index (χ0v) is 17.9. The Balaban J connectivity index is 2.09. The first-order chi connectivity index (χ1) is 14.2. The van der Waals surface area contributed by atoms with Crippen molar-refractivity contribution in [2.75, 3.05) is 12.4 Å². The molecule has 0 fully saturated rings. The van der Waals surface area contributed by atoms with Crippen LogP contribution in [0.3, 0.4) is 0 Å². The first-order valence-corrected chi connectivity index (χ1v) is 11.2. The number of urea groups is 1. The van der Waals surface area contributed by atoms with E-state index in [1.165, 1.54) is 6.07 Å². The van der Waals surface area contributed by atoms with Crippen LogP contribution in [-0.2, 0) is 19.4 Å². The molecule has 2 aromatic rings. The number of aryl methyl sites for hydroxylation is 2. The smallest absolute Gasteiger partial charge is 0.338 e. The van der Waals surface area contributed by atoms with E-state index in [1.807, 2.05) is 19.9 Å². The van der Waals surface area contributed by atoms with Gasteiger partial charge in [0.05, 0.1) is 28.9 Å². The number of hydrogen-bond donors (Lipinski definition) is 2. The molecule has 8 heteroatoms. The van der Waals surface area contributed by atoms with Crippen molar-refractivity contribution < 1.29 is 22.7 Å². The van der Waals surface area contributed by atoms with E-state index in [0.717, 1.165) is 11.1 Å². The number of benzene rings is 2. The topological polar surface area (TPSA) is 102 Å². The number of amides is 2. The van der Waals surface area contributed by atoms with Gasteiger partial charge in [0.1, 0.15) is 0 Å². The van der Waals surface area contributed by atoms with Crippen molar-refractivity contribution in [3.8, 4) is 0 Å². The van der Waals surface area contributed by atoms with E-state index in [0.29, 0.717) is 5.56 Å². The lowest BCUT2D eigenvalue weighted by Gasteiger charge is -2.29. The molecule has 0 aliphatic carbocycles. The third-order valence-corrected chi connectivity index (χ3v) is 6.59. The van der Waals surface area contributed by atoms with Gasteiger partial charge in [0.25, 0.3) is 0 Å². The van der Waals surface area contributed by atoms with Crippen molar-refractivity contribution in [3.63, 3.8) is 0 Å². The van der Waals surface area contributed by atoms with E-state index in [9.17, 15) is 18.0 Å². The van der Waals surface area contributed by atoms with Gasteiger partial charge in [-0.3, -0.25) is 0 Å². The molecule has 0 radical (unpaired) electrons. The fraction of sp³-hybridized carbons (Fsp3) is 0.273. The lowest BCUT2D eigenvalue weighted by molar-refractivity contribution is -0.139. The van der Waals surface area contributed by atoms with E-state index in [2.05, 4.69) is 10.6 Å². The van der Waals surface area contributed by atoms with Crippen LogP contribution >= 0.6 is 0 Å². The maximum atomic E-state index is 13.1. The summed E-state index contributed by atoms with van der Waals surface area (Å²) < 4.78 is 31.3. The van der Waals surface area contributed by atoms with Gasteiger partial charge in [-0.1, -0.05) is 36.4 Å². The van der Waals surface area contributed by atoms with E-state index in [-0.39, 0.29) is 22.8 Å². The molecular weight excluding hydrogens is 404 g/mol. The summed E-state index contributed by atoms with van der Waals surface area (Å²) in [6.45, 7) is 5.51. The molecule has 7 nitrogen and oxygen atoms in total. The van der Waals surface area contributed by atoms with Crippen LogP contribution in [0, 0.1) is 13.8 Å². The van der Waals surface area contributed by atoms with Crippen molar-refractivity contribution in [2.24, 2.45) is 0 Å². The highest BCUT2D eigenvalue weighted by atomic mass is 32.2. The summed E-state index contributed by atoms with van der Waals surface area (Å²) in [5, 5.41) is 5.20. The average molecular weight is 429 g/mol. The van der Waals surface area contributed by atoms with Crippen molar-refractivity contribution >= 4 is 21.8 Å². The number of hydrogen-bond acceptors (Lipinski definition) is 5. The fourth-order valence-electron chi connectivity index (χ4n) is 3.26. The summed E-state index contributed by atoms with van der Waals surface area (Å²) in [6.07, 6.45) is 0. The second-order valence-electron chi connectivity index (χ2n) is 7.06. The molecule has 2 amide bonds. The van der Waals surface area contributed by atoms with Gasteiger partial charge in [0, 0.05) is 5.70 Å². The molecule has 1 atom stereocenters. The second-order valence-corrected chi connectivity index (χ2v) is 9.05. The number of esters is 1. The van der Waals surface area contributed by atoms with Gasteiger partial charge in [0.15, 0.2) is 9.84 Å². The van der Waals surface area contributed by atoms with Gasteiger partial charge in [-0.2, -0.15) is 0 Å². The van der Waals surface area contributed by atoms with E-state index in [4.69, 9.17) is 4.74 Å². The zero-order chi connectivity index (χ0) is 21.9. The molecular formula is C22H24N2O5S. The van der Waals surface area contributed by atoms with E-state index < -0.39 is 33.6 Å². The fourth-order valence-corrected chi connectivity index (χ4v) is 4.66. The highest BCUT2D eigenvalue weighted by Gasteiger charge is 2.35. The maximum Gasteiger partial charge on any atom is 0.338 e. The molecule has 158 valence electrons. The van der Waals surface area contributed by atoms with Gasteiger partial charge in [0.2, 0.25) is 0 Å². The summed E-state index contributed by atoms with van der Waals surface area (Å²) in [5.41, 5.74) is 2.56. The summed E-state index contributed by atoms with van der Waals surface area (Å²) in [4.78, 5) is 25.2. The van der Waals surface area contributed by atoms with Crippen LogP contribution < -0.4 is 10.6 Å². The second kappa shape index (κ2) is 8.71. The predicted octanol–water partition coefficient (Wildman–Crippen LogP) is 2.95. The summed E-state index contributed by atoms with van der Waals surface area (Å²) in [5.74, 6) is -1.20. The lowest BCUT2D eigenvalue weighted by atomic mass is 9.95. The maximum absolute atomic E-state index is 13.1. The lowest BCUT2D eigenvalue weighted by Crippen LogP contribution is -2.47. The molecule has 2 aromatic carbocycles. The van der Waals surface area contributed by atoms with Crippen molar-refractivity contribution in [1.29, 1.82) is 0 Å². The van der Waals surface area contributed by atoms with Crippen LogP contribution in [0.4, 0.5) is 4.79 Å². The number of rotatable bonds is 6. The van der Waals surface area contributed by atoms with Crippen LogP contribution in [0.2, 0.25) is 0 Å². The summed E-state index contributed by atoms with van der Waals surface area (Å²) in [7, 11) is -3.82. The molecule has 0 aromatic heterocycles. The third-order valence-electron chi connectivity index (χ3n) is 4.95. The van der Waals surface area contributed by atoms with Gasteiger partial charge in [-0.15, -0.1) is 0 Å². The van der Waals surface area contributed by atoms with Gasteiger partial charge in [-0.25, -0.2) is 18.0 Å². The van der Waals surface area contributed by atoms with Crippen LogP contribution in [-0.4, -0.2) is 32.8 Å². The highest BCUT2D eigenvalue weighted by Crippen LogP contribution is 2.29. The van der Waals surface area contributed by atoms with Crippen molar-refractivity contribution in [1.82, 2.24) is 10.6 Å². The minimum Gasteiger partial charge on any atom is -0.463 e. The molecule has 3 rings (SSSR count). The quantitative estimate of drug-likeness (QED) is 0.689. The van der Waals surface area contributed by atoms with Gasteiger partial charge < -0.3 is 15.4 Å². The molecule has 1 heterocycles. The molecule has 0 saturated carbocycles. The zero-order valence-electron chi connectivity index (χ0n) is 17.1.